The Kier molecular flexibility index (Phi) is 3.60. The molecule has 2 unspecified atom stereocenters. The Labute approximate surface area is 96.0 Å². The number of hydrogen-bond acceptors (Lipinski definition) is 3. The summed E-state index contributed by atoms with van der Waals surface area (Å²) in [7, 11) is 0. The van der Waals surface area contributed by atoms with Gasteiger partial charge in [-0.3, -0.25) is 0 Å². The summed E-state index contributed by atoms with van der Waals surface area (Å²) < 4.78 is 6.54. The number of thiophene rings is 1. The fourth-order valence-electron chi connectivity index (χ4n) is 1.70. The Morgan fingerprint density at radius 3 is 3.14 bits per heavy atom. The molecule has 0 saturated carbocycles. The molecule has 0 bridgehead atoms. The van der Waals surface area contributed by atoms with Crippen LogP contribution in [0.4, 0.5) is 0 Å². The van der Waals surface area contributed by atoms with Crippen LogP contribution in [0.3, 0.4) is 0 Å². The number of ether oxygens (including phenoxy) is 1. The van der Waals surface area contributed by atoms with Gasteiger partial charge in [0.05, 0.1) is 12.2 Å². The Balaban J connectivity index is 1.93. The molecule has 78 valence electrons. The molecule has 1 aromatic rings. The van der Waals surface area contributed by atoms with Crippen molar-refractivity contribution >= 4 is 27.3 Å². The van der Waals surface area contributed by atoms with Crippen LogP contribution in [0.25, 0.3) is 0 Å². The third kappa shape index (κ3) is 2.37. The maximum Gasteiger partial charge on any atom is 0.0850 e. The predicted octanol–water partition coefficient (Wildman–Crippen LogP) is 2.59. The molecule has 1 fully saturated rings. The lowest BCUT2D eigenvalue weighted by Crippen LogP contribution is -2.26. The first-order valence-corrected chi connectivity index (χ1v) is 6.46. The zero-order valence-corrected chi connectivity index (χ0v) is 10.2. The van der Waals surface area contributed by atoms with Crippen LogP contribution in [0.2, 0.25) is 0 Å². The standard InChI is InChI=1S/C10H13BrO2S/c11-7-3-5-14-10(7)6-8(12)9-2-1-4-13-9/h3,5,8-9,12H,1-2,4,6H2. The number of aliphatic hydroxyl groups excluding tert-OH is 1. The normalized spacial score (nSPS) is 24.0. The molecule has 2 rings (SSSR count). The van der Waals surface area contributed by atoms with Crippen LogP contribution in [-0.4, -0.2) is 23.9 Å². The van der Waals surface area contributed by atoms with E-state index in [0.29, 0.717) is 6.42 Å². The second kappa shape index (κ2) is 4.75. The Morgan fingerprint density at radius 2 is 2.57 bits per heavy atom. The molecule has 2 nitrogen and oxygen atoms in total. The van der Waals surface area contributed by atoms with Gasteiger partial charge >= 0.3 is 0 Å². The molecule has 1 aliphatic heterocycles. The van der Waals surface area contributed by atoms with E-state index in [9.17, 15) is 5.11 Å². The average Bonchev–Trinajstić information content (AvgIpc) is 2.77. The Hall–Kier alpha value is 0.1000. The fraction of sp³-hybridized carbons (Fsp3) is 0.600. The second-order valence-electron chi connectivity index (χ2n) is 3.51. The zero-order chi connectivity index (χ0) is 9.97. The molecule has 0 spiro atoms. The van der Waals surface area contributed by atoms with Gasteiger partial charge in [0, 0.05) is 22.4 Å². The second-order valence-corrected chi connectivity index (χ2v) is 5.37. The summed E-state index contributed by atoms with van der Waals surface area (Å²) in [5.74, 6) is 0. The van der Waals surface area contributed by atoms with Crippen molar-refractivity contribution in [1.82, 2.24) is 0 Å². The van der Waals surface area contributed by atoms with E-state index < -0.39 is 0 Å². The maximum absolute atomic E-state index is 9.91. The minimum absolute atomic E-state index is 0.0454. The van der Waals surface area contributed by atoms with Gasteiger partial charge in [0.1, 0.15) is 0 Å². The topological polar surface area (TPSA) is 29.5 Å². The quantitative estimate of drug-likeness (QED) is 0.920. The van der Waals surface area contributed by atoms with Crippen molar-refractivity contribution in [2.45, 2.75) is 31.5 Å². The lowest BCUT2D eigenvalue weighted by Gasteiger charge is -2.16. The van der Waals surface area contributed by atoms with Gasteiger partial charge in [0.15, 0.2) is 0 Å². The molecule has 0 amide bonds. The van der Waals surface area contributed by atoms with Crippen LogP contribution in [0.5, 0.6) is 0 Å². The van der Waals surface area contributed by atoms with Gasteiger partial charge in [0.2, 0.25) is 0 Å². The third-order valence-electron chi connectivity index (χ3n) is 2.48. The van der Waals surface area contributed by atoms with E-state index in [1.165, 1.54) is 4.88 Å². The predicted molar refractivity (Wildman–Crippen MR) is 60.7 cm³/mol. The highest BCUT2D eigenvalue weighted by atomic mass is 79.9. The number of halogens is 1. The van der Waals surface area contributed by atoms with Crippen LogP contribution >= 0.6 is 27.3 Å². The fourth-order valence-corrected chi connectivity index (χ4v) is 3.26. The number of rotatable bonds is 3. The van der Waals surface area contributed by atoms with E-state index in [-0.39, 0.29) is 12.2 Å². The molecule has 14 heavy (non-hydrogen) atoms. The smallest absolute Gasteiger partial charge is 0.0850 e. The van der Waals surface area contributed by atoms with Crippen molar-refractivity contribution < 1.29 is 9.84 Å². The first-order valence-electron chi connectivity index (χ1n) is 4.79. The van der Waals surface area contributed by atoms with Gasteiger partial charge in [0.25, 0.3) is 0 Å². The Bertz CT molecular complexity index is 294. The highest BCUT2D eigenvalue weighted by Gasteiger charge is 2.24. The molecule has 1 saturated heterocycles. The first-order chi connectivity index (χ1) is 6.77. The first kappa shape index (κ1) is 10.6. The number of aliphatic hydroxyl groups is 1. The Morgan fingerprint density at radius 1 is 1.71 bits per heavy atom. The summed E-state index contributed by atoms with van der Waals surface area (Å²) in [5.41, 5.74) is 0. The molecule has 2 heterocycles. The van der Waals surface area contributed by atoms with E-state index in [4.69, 9.17) is 4.74 Å². The van der Waals surface area contributed by atoms with Crippen molar-refractivity contribution in [2.75, 3.05) is 6.61 Å². The molecule has 0 radical (unpaired) electrons. The van der Waals surface area contributed by atoms with Gasteiger partial charge in [-0.1, -0.05) is 0 Å². The minimum Gasteiger partial charge on any atom is -0.390 e. The summed E-state index contributed by atoms with van der Waals surface area (Å²) in [6.45, 7) is 0.799. The zero-order valence-electron chi connectivity index (χ0n) is 7.78. The van der Waals surface area contributed by atoms with Crippen molar-refractivity contribution in [1.29, 1.82) is 0 Å². The highest BCUT2D eigenvalue weighted by molar-refractivity contribution is 9.10. The summed E-state index contributed by atoms with van der Waals surface area (Å²) in [6, 6.07) is 2.02. The third-order valence-corrected chi connectivity index (χ3v) is 4.43. The van der Waals surface area contributed by atoms with E-state index in [0.717, 1.165) is 23.9 Å². The lowest BCUT2D eigenvalue weighted by molar-refractivity contribution is -0.000463. The van der Waals surface area contributed by atoms with Gasteiger partial charge < -0.3 is 9.84 Å². The summed E-state index contributed by atoms with van der Waals surface area (Å²) in [5, 5.41) is 11.9. The van der Waals surface area contributed by atoms with Crippen LogP contribution in [-0.2, 0) is 11.2 Å². The lowest BCUT2D eigenvalue weighted by atomic mass is 10.1. The van der Waals surface area contributed by atoms with Crippen molar-refractivity contribution in [3.8, 4) is 0 Å². The summed E-state index contributed by atoms with van der Waals surface area (Å²) in [6.07, 6.45) is 2.46. The minimum atomic E-state index is -0.354. The molecule has 0 aliphatic carbocycles. The molecule has 1 aromatic heterocycles. The van der Waals surface area contributed by atoms with E-state index in [2.05, 4.69) is 15.9 Å². The summed E-state index contributed by atoms with van der Waals surface area (Å²) in [4.78, 5) is 1.20. The van der Waals surface area contributed by atoms with Crippen molar-refractivity contribution in [2.24, 2.45) is 0 Å². The molecular weight excluding hydrogens is 264 g/mol. The SMILES string of the molecule is OC(Cc1sccc1Br)C1CCCO1. The molecule has 0 aromatic carbocycles. The van der Waals surface area contributed by atoms with Gasteiger partial charge in [-0.05, 0) is 40.2 Å². The van der Waals surface area contributed by atoms with E-state index >= 15 is 0 Å². The van der Waals surface area contributed by atoms with Crippen molar-refractivity contribution in [3.63, 3.8) is 0 Å². The van der Waals surface area contributed by atoms with Gasteiger partial charge in [-0.2, -0.15) is 0 Å². The van der Waals surface area contributed by atoms with Crippen LogP contribution in [0.1, 0.15) is 17.7 Å². The monoisotopic (exact) mass is 276 g/mol. The molecule has 4 heteroatoms. The largest absolute Gasteiger partial charge is 0.390 e. The van der Waals surface area contributed by atoms with Crippen LogP contribution in [0.15, 0.2) is 15.9 Å². The number of hydrogen-bond donors (Lipinski definition) is 1. The molecule has 2 atom stereocenters. The van der Waals surface area contributed by atoms with E-state index in [1.807, 2.05) is 11.4 Å². The highest BCUT2D eigenvalue weighted by Crippen LogP contribution is 2.26. The van der Waals surface area contributed by atoms with E-state index in [1.54, 1.807) is 11.3 Å². The van der Waals surface area contributed by atoms with Crippen molar-refractivity contribution in [3.05, 3.63) is 20.8 Å². The molecule has 1 N–H and O–H groups in total. The van der Waals surface area contributed by atoms with Gasteiger partial charge in [-0.15, -0.1) is 11.3 Å². The molecular formula is C10H13BrO2S. The van der Waals surface area contributed by atoms with Gasteiger partial charge in [-0.25, -0.2) is 0 Å². The average molecular weight is 277 g/mol. The summed E-state index contributed by atoms with van der Waals surface area (Å²) >= 11 is 5.14. The van der Waals surface area contributed by atoms with Crippen LogP contribution in [0, 0.1) is 0 Å². The maximum atomic E-state index is 9.91. The molecule has 1 aliphatic rings. The van der Waals surface area contributed by atoms with Crippen LogP contribution < -0.4 is 0 Å².